The van der Waals surface area contributed by atoms with Crippen LogP contribution in [-0.4, -0.2) is 30.2 Å². The highest BCUT2D eigenvalue weighted by Gasteiger charge is 2.26. The van der Waals surface area contributed by atoms with Gasteiger partial charge in [-0.2, -0.15) is 0 Å². The number of amides is 2. The summed E-state index contributed by atoms with van der Waals surface area (Å²) >= 11 is 7.65. The van der Waals surface area contributed by atoms with E-state index in [0.717, 1.165) is 22.6 Å². The monoisotopic (exact) mass is 402 g/mol. The molecule has 2 aromatic carbocycles. The van der Waals surface area contributed by atoms with Crippen molar-refractivity contribution in [2.75, 3.05) is 18.0 Å². The molecule has 0 radical (unpaired) electrons. The fraction of sp³-hybridized carbons (Fsp3) is 0.333. The first kappa shape index (κ1) is 19.8. The van der Waals surface area contributed by atoms with E-state index in [1.807, 2.05) is 53.4 Å². The zero-order valence-electron chi connectivity index (χ0n) is 15.3. The topological polar surface area (TPSA) is 49.4 Å². The zero-order valence-corrected chi connectivity index (χ0v) is 16.9. The Morgan fingerprint density at radius 1 is 1.15 bits per heavy atom. The molecule has 0 unspecified atom stereocenters. The smallest absolute Gasteiger partial charge is 0.227 e. The van der Waals surface area contributed by atoms with E-state index in [1.165, 1.54) is 0 Å². The summed E-state index contributed by atoms with van der Waals surface area (Å²) < 4.78 is 0. The van der Waals surface area contributed by atoms with E-state index in [2.05, 4.69) is 12.2 Å². The molecule has 142 valence electrons. The quantitative estimate of drug-likeness (QED) is 0.783. The molecule has 0 spiro atoms. The van der Waals surface area contributed by atoms with E-state index in [0.29, 0.717) is 23.4 Å². The molecule has 0 fully saturated rings. The number of thioether (sulfide) groups is 1. The third kappa shape index (κ3) is 5.50. The number of hydrogen-bond donors (Lipinski definition) is 1. The fourth-order valence-electron chi connectivity index (χ4n) is 3.07. The fourth-order valence-corrected chi connectivity index (χ4v) is 4.31. The minimum absolute atomic E-state index is 0.00227. The maximum atomic E-state index is 12.7. The van der Waals surface area contributed by atoms with Crippen LogP contribution in [0.25, 0.3) is 0 Å². The summed E-state index contributed by atoms with van der Waals surface area (Å²) in [6.45, 7) is 3.35. The van der Waals surface area contributed by atoms with Gasteiger partial charge in [0.1, 0.15) is 0 Å². The van der Waals surface area contributed by atoms with Gasteiger partial charge in [0.05, 0.1) is 5.69 Å². The Hall–Kier alpha value is -1.98. The third-order valence-electron chi connectivity index (χ3n) is 4.44. The number of rotatable bonds is 6. The summed E-state index contributed by atoms with van der Waals surface area (Å²) in [5, 5.41) is 3.93. The highest BCUT2D eigenvalue weighted by atomic mass is 35.5. The van der Waals surface area contributed by atoms with E-state index in [1.54, 1.807) is 11.8 Å². The van der Waals surface area contributed by atoms with Crippen LogP contribution >= 0.6 is 23.4 Å². The first-order valence-corrected chi connectivity index (χ1v) is 10.4. The van der Waals surface area contributed by atoms with Gasteiger partial charge >= 0.3 is 0 Å². The van der Waals surface area contributed by atoms with E-state index < -0.39 is 0 Å². The van der Waals surface area contributed by atoms with Crippen molar-refractivity contribution in [3.05, 3.63) is 59.1 Å². The van der Waals surface area contributed by atoms with Gasteiger partial charge in [-0.1, -0.05) is 42.8 Å². The molecule has 6 heteroatoms. The number of carbonyl (C=O) groups excluding carboxylic acids is 2. The highest BCUT2D eigenvalue weighted by molar-refractivity contribution is 8.00. The predicted molar refractivity (Wildman–Crippen MR) is 112 cm³/mol. The molecule has 0 aliphatic carbocycles. The Bertz CT molecular complexity index is 810. The summed E-state index contributed by atoms with van der Waals surface area (Å²) in [5.41, 5.74) is 2.07. The van der Waals surface area contributed by atoms with Crippen molar-refractivity contribution in [1.82, 2.24) is 5.32 Å². The molecule has 1 aliphatic rings. The molecule has 0 bridgehead atoms. The van der Waals surface area contributed by atoms with Gasteiger partial charge in [-0.25, -0.2) is 0 Å². The molecule has 0 aromatic heterocycles. The maximum Gasteiger partial charge on any atom is 0.227 e. The first-order valence-electron chi connectivity index (χ1n) is 9.10. The maximum absolute atomic E-state index is 12.7. The van der Waals surface area contributed by atoms with Crippen molar-refractivity contribution in [2.45, 2.75) is 36.3 Å². The molecule has 2 aromatic rings. The molecule has 0 saturated carbocycles. The third-order valence-corrected chi connectivity index (χ3v) is 5.84. The van der Waals surface area contributed by atoms with Crippen LogP contribution in [0.4, 0.5) is 5.69 Å². The minimum atomic E-state index is -0.0926. The van der Waals surface area contributed by atoms with Gasteiger partial charge in [-0.3, -0.25) is 9.59 Å². The van der Waals surface area contributed by atoms with Crippen molar-refractivity contribution < 1.29 is 9.59 Å². The number of benzene rings is 2. The molecule has 1 aliphatic heterocycles. The molecular weight excluding hydrogens is 380 g/mol. The number of hydrogen-bond acceptors (Lipinski definition) is 3. The van der Waals surface area contributed by atoms with Crippen molar-refractivity contribution in [3.8, 4) is 0 Å². The lowest BCUT2D eigenvalue weighted by atomic mass is 10.1. The number of nitrogens with one attached hydrogen (secondary N) is 1. The Morgan fingerprint density at radius 3 is 2.67 bits per heavy atom. The van der Waals surface area contributed by atoms with E-state index in [-0.39, 0.29) is 24.7 Å². The summed E-state index contributed by atoms with van der Waals surface area (Å²) in [6, 6.07) is 15.5. The van der Waals surface area contributed by atoms with Gasteiger partial charge in [-0.05, 0) is 36.2 Å². The average molecular weight is 403 g/mol. The van der Waals surface area contributed by atoms with Gasteiger partial charge in [-0.15, -0.1) is 11.8 Å². The number of carbonyl (C=O) groups is 2. The van der Waals surface area contributed by atoms with Crippen LogP contribution in [0.1, 0.15) is 25.3 Å². The molecule has 1 atom stereocenters. The molecule has 3 rings (SSSR count). The van der Waals surface area contributed by atoms with Crippen molar-refractivity contribution in [3.63, 3.8) is 0 Å². The Labute approximate surface area is 169 Å². The highest BCUT2D eigenvalue weighted by Crippen LogP contribution is 2.38. The predicted octanol–water partition coefficient (Wildman–Crippen LogP) is 4.31. The second kappa shape index (κ2) is 9.29. The molecule has 0 saturated heterocycles. The standard InChI is InChI=1S/C21H23ClN2O2S/c1-15-14-24(18-4-2-3-5-19(18)27-15)21(26)11-10-20(25)23-13-12-16-6-8-17(22)9-7-16/h2-9,15H,10-14H2,1H3,(H,23,25)/t15-/m1/s1. The Morgan fingerprint density at radius 2 is 1.89 bits per heavy atom. The van der Waals surface area contributed by atoms with Gasteiger partial charge in [0.25, 0.3) is 0 Å². The summed E-state index contributed by atoms with van der Waals surface area (Å²) in [5.74, 6) is -0.0903. The zero-order chi connectivity index (χ0) is 19.2. The molecule has 27 heavy (non-hydrogen) atoms. The molecule has 2 amide bonds. The van der Waals surface area contributed by atoms with Crippen LogP contribution in [0.15, 0.2) is 53.4 Å². The lowest BCUT2D eigenvalue weighted by Gasteiger charge is -2.32. The lowest BCUT2D eigenvalue weighted by Crippen LogP contribution is -2.39. The van der Waals surface area contributed by atoms with Crippen LogP contribution < -0.4 is 10.2 Å². The van der Waals surface area contributed by atoms with Gasteiger partial charge < -0.3 is 10.2 Å². The number of nitrogens with zero attached hydrogens (tertiary/aromatic N) is 1. The van der Waals surface area contributed by atoms with Crippen LogP contribution in [0.2, 0.25) is 5.02 Å². The second-order valence-electron chi connectivity index (χ2n) is 6.63. The van der Waals surface area contributed by atoms with E-state index in [4.69, 9.17) is 11.6 Å². The van der Waals surface area contributed by atoms with Crippen molar-refractivity contribution in [1.29, 1.82) is 0 Å². The SMILES string of the molecule is C[C@@H]1CN(C(=O)CCC(=O)NCCc2ccc(Cl)cc2)c2ccccc2S1. The Kier molecular flexibility index (Phi) is 6.80. The summed E-state index contributed by atoms with van der Waals surface area (Å²) in [6.07, 6.45) is 1.17. The average Bonchev–Trinajstić information content (AvgIpc) is 2.67. The number of para-hydroxylation sites is 1. The number of halogens is 1. The van der Waals surface area contributed by atoms with Gasteiger partial charge in [0.15, 0.2) is 0 Å². The molecule has 1 N–H and O–H groups in total. The van der Waals surface area contributed by atoms with Gasteiger partial charge in [0.2, 0.25) is 11.8 Å². The minimum Gasteiger partial charge on any atom is -0.356 e. The summed E-state index contributed by atoms with van der Waals surface area (Å²) in [7, 11) is 0. The summed E-state index contributed by atoms with van der Waals surface area (Å²) in [4.78, 5) is 27.7. The molecule has 4 nitrogen and oxygen atoms in total. The molecular formula is C21H23ClN2O2S. The normalized spacial score (nSPS) is 15.9. The van der Waals surface area contributed by atoms with Crippen molar-refractivity contribution in [2.24, 2.45) is 0 Å². The van der Waals surface area contributed by atoms with Crippen LogP contribution in [0.3, 0.4) is 0 Å². The number of fused-ring (bicyclic) bond motifs is 1. The van der Waals surface area contributed by atoms with Gasteiger partial charge in [0, 0.05) is 41.1 Å². The molecule has 1 heterocycles. The lowest BCUT2D eigenvalue weighted by molar-refractivity contribution is -0.125. The van der Waals surface area contributed by atoms with E-state index in [9.17, 15) is 9.59 Å². The number of anilines is 1. The largest absolute Gasteiger partial charge is 0.356 e. The first-order chi connectivity index (χ1) is 13.0. The van der Waals surface area contributed by atoms with Crippen molar-refractivity contribution >= 4 is 40.9 Å². The van der Waals surface area contributed by atoms with Crippen LogP contribution in [0.5, 0.6) is 0 Å². The van der Waals surface area contributed by atoms with E-state index >= 15 is 0 Å². The van der Waals surface area contributed by atoms with Crippen LogP contribution in [0, 0.1) is 0 Å². The van der Waals surface area contributed by atoms with Crippen LogP contribution in [-0.2, 0) is 16.0 Å². The Balaban J connectivity index is 1.46. The second-order valence-corrected chi connectivity index (χ2v) is 8.54.